The molecule has 0 spiro atoms. The molecule has 1 aromatic rings. The standard InChI is InChI=1S/C9H11ClINO3S/c1-16(14,15)9(10,11)8(13)6-3-2-4-7(12)5-6/h2-5,8,13H,12H2,1H3. The predicted molar refractivity (Wildman–Crippen MR) is 73.3 cm³/mol. The van der Waals surface area contributed by atoms with Gasteiger partial charge in [0, 0.05) is 11.9 Å². The van der Waals surface area contributed by atoms with Crippen molar-refractivity contribution in [2.24, 2.45) is 0 Å². The molecule has 0 aliphatic rings. The topological polar surface area (TPSA) is 80.4 Å². The molecule has 1 rings (SSSR count). The molecule has 2 unspecified atom stereocenters. The third kappa shape index (κ3) is 2.79. The van der Waals surface area contributed by atoms with Crippen LogP contribution in [0.4, 0.5) is 5.69 Å². The van der Waals surface area contributed by atoms with Gasteiger partial charge in [-0.3, -0.25) is 0 Å². The fraction of sp³-hybridized carbons (Fsp3) is 0.333. The molecule has 0 radical (unpaired) electrons. The molecule has 0 aromatic heterocycles. The van der Waals surface area contributed by atoms with Gasteiger partial charge < -0.3 is 10.8 Å². The smallest absolute Gasteiger partial charge is 0.224 e. The fourth-order valence-corrected chi connectivity index (χ4v) is 2.15. The van der Waals surface area contributed by atoms with E-state index >= 15 is 0 Å². The van der Waals surface area contributed by atoms with Gasteiger partial charge in [-0.05, 0) is 40.3 Å². The number of benzene rings is 1. The molecular formula is C9H11ClINO3S. The number of hydrogen-bond acceptors (Lipinski definition) is 4. The van der Waals surface area contributed by atoms with E-state index in [2.05, 4.69) is 0 Å². The Hall–Kier alpha value is -0.0500. The minimum Gasteiger partial charge on any atom is -0.399 e. The highest BCUT2D eigenvalue weighted by Gasteiger charge is 2.44. The summed E-state index contributed by atoms with van der Waals surface area (Å²) in [6.45, 7) is 0. The summed E-state index contributed by atoms with van der Waals surface area (Å²) >= 11 is 7.37. The molecule has 0 heterocycles. The average Bonchev–Trinajstić information content (AvgIpc) is 2.14. The van der Waals surface area contributed by atoms with E-state index in [4.69, 9.17) is 17.3 Å². The molecule has 7 heteroatoms. The summed E-state index contributed by atoms with van der Waals surface area (Å²) in [7, 11) is -3.60. The molecule has 1 aromatic carbocycles. The number of hydrogen-bond donors (Lipinski definition) is 2. The minimum absolute atomic E-state index is 0.370. The second kappa shape index (κ2) is 4.67. The van der Waals surface area contributed by atoms with Crippen molar-refractivity contribution >= 4 is 49.7 Å². The lowest BCUT2D eigenvalue weighted by Crippen LogP contribution is -2.32. The maximum absolute atomic E-state index is 11.4. The van der Waals surface area contributed by atoms with Crippen LogP contribution in [0.3, 0.4) is 0 Å². The van der Waals surface area contributed by atoms with E-state index in [1.807, 2.05) is 0 Å². The Labute approximate surface area is 113 Å². The first-order valence-electron chi connectivity index (χ1n) is 4.27. The molecule has 2 atom stereocenters. The zero-order valence-electron chi connectivity index (χ0n) is 8.39. The highest BCUT2D eigenvalue weighted by atomic mass is 127. The molecule has 90 valence electrons. The zero-order valence-corrected chi connectivity index (χ0v) is 12.1. The first-order chi connectivity index (χ1) is 7.16. The highest BCUT2D eigenvalue weighted by Crippen LogP contribution is 2.42. The molecule has 3 N–H and O–H groups in total. The van der Waals surface area contributed by atoms with Crippen LogP contribution in [0.15, 0.2) is 24.3 Å². The van der Waals surface area contributed by atoms with Crippen molar-refractivity contribution in [3.63, 3.8) is 0 Å². The SMILES string of the molecule is CS(=O)(=O)C(Cl)(I)C(O)c1cccc(N)c1. The summed E-state index contributed by atoms with van der Waals surface area (Å²) in [5, 5.41) is 9.93. The number of halogens is 2. The Morgan fingerprint density at radius 2 is 2.12 bits per heavy atom. The monoisotopic (exact) mass is 375 g/mol. The zero-order chi connectivity index (χ0) is 12.6. The van der Waals surface area contributed by atoms with Gasteiger partial charge in [0.2, 0.25) is 2.21 Å². The van der Waals surface area contributed by atoms with Crippen LogP contribution in [0.2, 0.25) is 0 Å². The van der Waals surface area contributed by atoms with Crippen molar-refractivity contribution in [2.45, 2.75) is 8.32 Å². The van der Waals surface area contributed by atoms with Crippen LogP contribution in [0.25, 0.3) is 0 Å². The maximum Gasteiger partial charge on any atom is 0.224 e. The lowest BCUT2D eigenvalue weighted by Gasteiger charge is -2.24. The number of sulfone groups is 1. The van der Waals surface area contributed by atoms with E-state index in [-0.39, 0.29) is 0 Å². The number of anilines is 1. The van der Waals surface area contributed by atoms with Crippen LogP contribution >= 0.6 is 34.2 Å². The first-order valence-corrected chi connectivity index (χ1v) is 7.62. The summed E-state index contributed by atoms with van der Waals surface area (Å²) in [6.07, 6.45) is -0.365. The average molecular weight is 376 g/mol. The van der Waals surface area contributed by atoms with Gasteiger partial charge in [0.1, 0.15) is 6.10 Å². The van der Waals surface area contributed by atoms with Crippen molar-refractivity contribution in [3.05, 3.63) is 29.8 Å². The maximum atomic E-state index is 11.4. The van der Waals surface area contributed by atoms with Gasteiger partial charge in [-0.2, -0.15) is 0 Å². The van der Waals surface area contributed by atoms with Gasteiger partial charge in [-0.25, -0.2) is 8.42 Å². The lowest BCUT2D eigenvalue weighted by molar-refractivity contribution is 0.188. The van der Waals surface area contributed by atoms with E-state index in [0.717, 1.165) is 6.26 Å². The van der Waals surface area contributed by atoms with E-state index in [1.165, 1.54) is 28.7 Å². The van der Waals surface area contributed by atoms with Crippen LogP contribution in [0, 0.1) is 0 Å². The summed E-state index contributed by atoms with van der Waals surface area (Å²) < 4.78 is 21.1. The van der Waals surface area contributed by atoms with Crippen molar-refractivity contribution in [1.29, 1.82) is 0 Å². The predicted octanol–water partition coefficient (Wildman–Crippen LogP) is 1.67. The Morgan fingerprint density at radius 3 is 2.56 bits per heavy atom. The second-order valence-electron chi connectivity index (χ2n) is 3.41. The largest absolute Gasteiger partial charge is 0.399 e. The van der Waals surface area contributed by atoms with Gasteiger partial charge in [-0.15, -0.1) is 0 Å². The van der Waals surface area contributed by atoms with Crippen LogP contribution in [0.5, 0.6) is 0 Å². The molecule has 0 saturated heterocycles. The van der Waals surface area contributed by atoms with Gasteiger partial charge in [0.05, 0.1) is 0 Å². The second-order valence-corrected chi connectivity index (χ2v) is 9.49. The number of aliphatic hydroxyl groups is 1. The summed E-state index contributed by atoms with van der Waals surface area (Å²) in [5.74, 6) is 0. The molecule has 4 nitrogen and oxygen atoms in total. The summed E-state index contributed by atoms with van der Waals surface area (Å²) in [6, 6.07) is 6.33. The van der Waals surface area contributed by atoms with Crippen molar-refractivity contribution in [1.82, 2.24) is 0 Å². The van der Waals surface area contributed by atoms with Crippen LogP contribution in [-0.4, -0.2) is 22.0 Å². The lowest BCUT2D eigenvalue weighted by atomic mass is 10.1. The fourth-order valence-electron chi connectivity index (χ4n) is 1.13. The van der Waals surface area contributed by atoms with E-state index in [9.17, 15) is 13.5 Å². The van der Waals surface area contributed by atoms with Gasteiger partial charge in [0.25, 0.3) is 0 Å². The third-order valence-electron chi connectivity index (χ3n) is 2.04. The molecule has 0 fully saturated rings. The molecular weight excluding hydrogens is 365 g/mol. The van der Waals surface area contributed by atoms with Crippen LogP contribution < -0.4 is 5.73 Å². The summed E-state index contributed by atoms with van der Waals surface area (Å²) in [5.41, 5.74) is 6.35. The summed E-state index contributed by atoms with van der Waals surface area (Å²) in [4.78, 5) is 0. The number of nitrogen functional groups attached to an aromatic ring is 1. The van der Waals surface area contributed by atoms with Gasteiger partial charge in [0.15, 0.2) is 9.84 Å². The normalized spacial score (nSPS) is 17.8. The molecule has 0 amide bonds. The molecule has 16 heavy (non-hydrogen) atoms. The van der Waals surface area contributed by atoms with Gasteiger partial charge in [-0.1, -0.05) is 23.7 Å². The van der Waals surface area contributed by atoms with E-state index in [0.29, 0.717) is 11.3 Å². The number of alkyl halides is 2. The van der Waals surface area contributed by atoms with Crippen molar-refractivity contribution in [2.75, 3.05) is 12.0 Å². The molecule has 0 aliphatic heterocycles. The van der Waals surface area contributed by atoms with Gasteiger partial charge >= 0.3 is 0 Å². The number of aliphatic hydroxyl groups excluding tert-OH is 1. The molecule has 0 saturated carbocycles. The minimum atomic E-state index is -3.60. The highest BCUT2D eigenvalue weighted by molar-refractivity contribution is 14.1. The molecule has 0 aliphatic carbocycles. The third-order valence-corrected chi connectivity index (χ3v) is 7.29. The number of rotatable bonds is 3. The molecule has 0 bridgehead atoms. The Bertz CT molecular complexity index is 489. The van der Waals surface area contributed by atoms with Crippen LogP contribution in [-0.2, 0) is 9.84 Å². The van der Waals surface area contributed by atoms with Crippen molar-refractivity contribution < 1.29 is 13.5 Å². The Kier molecular flexibility index (Phi) is 4.09. The Morgan fingerprint density at radius 1 is 1.56 bits per heavy atom. The quantitative estimate of drug-likeness (QED) is 0.478. The first kappa shape index (κ1) is 14.0. The van der Waals surface area contributed by atoms with E-state index in [1.54, 1.807) is 18.2 Å². The van der Waals surface area contributed by atoms with E-state index < -0.39 is 18.2 Å². The number of nitrogens with two attached hydrogens (primary N) is 1. The van der Waals surface area contributed by atoms with Crippen molar-refractivity contribution in [3.8, 4) is 0 Å². The Balaban J connectivity index is 3.17. The van der Waals surface area contributed by atoms with Crippen LogP contribution in [0.1, 0.15) is 11.7 Å².